The van der Waals surface area contributed by atoms with Crippen molar-refractivity contribution in [3.05, 3.63) is 51.7 Å². The minimum absolute atomic E-state index is 0.0774. The molecule has 0 spiro atoms. The summed E-state index contributed by atoms with van der Waals surface area (Å²) in [5, 5.41) is 24.0. The zero-order chi connectivity index (χ0) is 14.0. The fourth-order valence-electron chi connectivity index (χ4n) is 1.66. The summed E-state index contributed by atoms with van der Waals surface area (Å²) < 4.78 is 0. The van der Waals surface area contributed by atoms with Crippen LogP contribution < -0.4 is 10.6 Å². The average molecular weight is 263 g/mol. The summed E-state index contributed by atoms with van der Waals surface area (Å²) in [5.74, 6) is -1.25. The van der Waals surface area contributed by atoms with Crippen LogP contribution in [0.4, 0.5) is 10.5 Å². The zero-order valence-electron chi connectivity index (χ0n) is 9.49. The van der Waals surface area contributed by atoms with Crippen LogP contribution >= 0.6 is 0 Å². The van der Waals surface area contributed by atoms with Gasteiger partial charge in [-0.3, -0.25) is 10.1 Å². The van der Waals surface area contributed by atoms with Crippen molar-refractivity contribution < 1.29 is 19.6 Å². The third-order valence-corrected chi connectivity index (χ3v) is 2.56. The number of amides is 2. The second-order valence-electron chi connectivity index (χ2n) is 3.81. The molecule has 19 heavy (non-hydrogen) atoms. The fourth-order valence-corrected chi connectivity index (χ4v) is 1.66. The van der Waals surface area contributed by atoms with Crippen LogP contribution in [0.1, 0.15) is 11.6 Å². The highest BCUT2D eigenvalue weighted by atomic mass is 16.6. The number of urea groups is 1. The molecular weight excluding hydrogens is 254 g/mol. The Kier molecular flexibility index (Phi) is 3.15. The van der Waals surface area contributed by atoms with E-state index in [2.05, 4.69) is 10.6 Å². The topological polar surface area (TPSA) is 122 Å². The number of rotatable bonds is 3. The fraction of sp³-hybridized carbons (Fsp3) is 0.0909. The van der Waals surface area contributed by atoms with Gasteiger partial charge in [0.05, 0.1) is 11.0 Å². The smallest absolute Gasteiger partial charge is 0.352 e. The third-order valence-electron chi connectivity index (χ3n) is 2.56. The van der Waals surface area contributed by atoms with Crippen molar-refractivity contribution in [2.45, 2.75) is 6.04 Å². The molecule has 0 saturated carbocycles. The van der Waals surface area contributed by atoms with Crippen molar-refractivity contribution in [3.8, 4) is 0 Å². The molecule has 98 valence electrons. The Hall–Kier alpha value is -2.90. The van der Waals surface area contributed by atoms with Gasteiger partial charge in [0.1, 0.15) is 5.70 Å². The lowest BCUT2D eigenvalue weighted by Crippen LogP contribution is -2.43. The van der Waals surface area contributed by atoms with Crippen molar-refractivity contribution in [1.29, 1.82) is 0 Å². The molecule has 0 bridgehead atoms. The van der Waals surface area contributed by atoms with Crippen molar-refractivity contribution in [3.63, 3.8) is 0 Å². The number of benzene rings is 1. The monoisotopic (exact) mass is 263 g/mol. The third kappa shape index (κ3) is 2.68. The second-order valence-corrected chi connectivity index (χ2v) is 3.81. The van der Waals surface area contributed by atoms with Crippen LogP contribution in [0.2, 0.25) is 0 Å². The lowest BCUT2D eigenvalue weighted by Gasteiger charge is -2.22. The minimum atomic E-state index is -1.25. The van der Waals surface area contributed by atoms with E-state index >= 15 is 0 Å². The number of hydrogen-bond donors (Lipinski definition) is 3. The molecule has 1 aromatic rings. The highest BCUT2D eigenvalue weighted by Crippen LogP contribution is 2.21. The summed E-state index contributed by atoms with van der Waals surface area (Å²) in [5.41, 5.74) is 0.248. The molecule has 3 N–H and O–H groups in total. The van der Waals surface area contributed by atoms with Gasteiger partial charge in [-0.1, -0.05) is 0 Å². The lowest BCUT2D eigenvalue weighted by molar-refractivity contribution is -0.384. The molecule has 8 heteroatoms. The van der Waals surface area contributed by atoms with Crippen LogP contribution in [0.15, 0.2) is 36.0 Å². The van der Waals surface area contributed by atoms with E-state index in [9.17, 15) is 19.7 Å². The number of nitro groups is 1. The summed E-state index contributed by atoms with van der Waals surface area (Å²) in [6, 6.07) is 4.23. The molecular formula is C11H9N3O5. The standard InChI is InChI=1S/C11H9N3O5/c15-10(16)9-5-8(12-11(17)13-9)6-1-3-7(4-2-6)14(18)19/h1-5,8H,(H,15,16)(H2,12,13,17)/t8-/m1/s1. The van der Waals surface area contributed by atoms with E-state index < -0.39 is 23.0 Å². The maximum atomic E-state index is 11.3. The van der Waals surface area contributed by atoms with E-state index in [1.54, 1.807) is 0 Å². The quantitative estimate of drug-likeness (QED) is 0.552. The first kappa shape index (κ1) is 12.6. The number of aliphatic carboxylic acids is 1. The van der Waals surface area contributed by atoms with Gasteiger partial charge < -0.3 is 15.7 Å². The molecule has 1 atom stereocenters. The first-order chi connectivity index (χ1) is 8.97. The van der Waals surface area contributed by atoms with Crippen LogP contribution in [-0.4, -0.2) is 22.0 Å². The second kappa shape index (κ2) is 4.77. The summed E-state index contributed by atoms with van der Waals surface area (Å²) >= 11 is 0. The van der Waals surface area contributed by atoms with Gasteiger partial charge in [-0.25, -0.2) is 9.59 Å². The Labute approximate surface area is 106 Å². The molecule has 0 unspecified atom stereocenters. The lowest BCUT2D eigenvalue weighted by atomic mass is 10.0. The maximum absolute atomic E-state index is 11.3. The van der Waals surface area contributed by atoms with Crippen LogP contribution in [-0.2, 0) is 4.79 Å². The summed E-state index contributed by atoms with van der Waals surface area (Å²) in [6.07, 6.45) is 1.32. The van der Waals surface area contributed by atoms with Crippen molar-refractivity contribution in [2.24, 2.45) is 0 Å². The number of non-ortho nitro benzene ring substituents is 1. The minimum Gasteiger partial charge on any atom is -0.477 e. The molecule has 1 aromatic carbocycles. The number of nitro benzene ring substituents is 1. The first-order valence-corrected chi connectivity index (χ1v) is 5.24. The Bertz CT molecular complexity index is 578. The zero-order valence-corrected chi connectivity index (χ0v) is 9.49. The molecule has 0 aliphatic carbocycles. The predicted octanol–water partition coefficient (Wildman–Crippen LogP) is 0.917. The summed E-state index contributed by atoms with van der Waals surface area (Å²) in [7, 11) is 0. The number of carboxylic acids is 1. The molecule has 0 aromatic heterocycles. The molecule has 0 radical (unpaired) electrons. The number of nitrogens with one attached hydrogen (secondary N) is 2. The van der Waals surface area contributed by atoms with Crippen molar-refractivity contribution >= 4 is 17.7 Å². The van der Waals surface area contributed by atoms with E-state index in [0.717, 1.165) is 0 Å². The van der Waals surface area contributed by atoms with Crippen LogP contribution in [0.25, 0.3) is 0 Å². The Balaban J connectivity index is 2.30. The number of hydrogen-bond acceptors (Lipinski definition) is 4. The van der Waals surface area contributed by atoms with Gasteiger partial charge in [0.25, 0.3) is 5.69 Å². The highest BCUT2D eigenvalue weighted by Gasteiger charge is 2.23. The predicted molar refractivity (Wildman–Crippen MR) is 63.2 cm³/mol. The van der Waals surface area contributed by atoms with E-state index in [1.165, 1.54) is 30.3 Å². The van der Waals surface area contributed by atoms with E-state index in [-0.39, 0.29) is 11.4 Å². The molecule has 0 fully saturated rings. The van der Waals surface area contributed by atoms with Gasteiger partial charge in [0.2, 0.25) is 0 Å². The molecule has 1 aliphatic rings. The molecule has 2 amide bonds. The van der Waals surface area contributed by atoms with Crippen molar-refractivity contribution in [1.82, 2.24) is 10.6 Å². The molecule has 0 saturated heterocycles. The largest absolute Gasteiger partial charge is 0.477 e. The average Bonchev–Trinajstić information content (AvgIpc) is 2.38. The van der Waals surface area contributed by atoms with Crippen LogP contribution in [0, 0.1) is 10.1 Å². The normalized spacial score (nSPS) is 18.0. The van der Waals surface area contributed by atoms with Crippen LogP contribution in [0.5, 0.6) is 0 Å². The van der Waals surface area contributed by atoms with Gasteiger partial charge in [0, 0.05) is 12.1 Å². The number of carbonyl (C=O) groups is 2. The van der Waals surface area contributed by atoms with Gasteiger partial charge >= 0.3 is 12.0 Å². The van der Waals surface area contributed by atoms with E-state index in [1.807, 2.05) is 0 Å². The van der Waals surface area contributed by atoms with Gasteiger partial charge in [0.15, 0.2) is 0 Å². The molecule has 1 heterocycles. The van der Waals surface area contributed by atoms with Gasteiger partial charge in [-0.05, 0) is 23.8 Å². The summed E-state index contributed by atoms with van der Waals surface area (Å²) in [4.78, 5) is 32.1. The Morgan fingerprint density at radius 2 is 1.95 bits per heavy atom. The van der Waals surface area contributed by atoms with E-state index in [0.29, 0.717) is 5.56 Å². The Morgan fingerprint density at radius 1 is 1.32 bits per heavy atom. The number of nitrogens with zero attached hydrogens (tertiary/aromatic N) is 1. The number of carboxylic acid groups (broad SMARTS) is 1. The molecule has 1 aliphatic heterocycles. The first-order valence-electron chi connectivity index (χ1n) is 5.24. The van der Waals surface area contributed by atoms with E-state index in [4.69, 9.17) is 5.11 Å². The van der Waals surface area contributed by atoms with Gasteiger partial charge in [-0.2, -0.15) is 0 Å². The Morgan fingerprint density at radius 3 is 2.47 bits per heavy atom. The molecule has 2 rings (SSSR count). The van der Waals surface area contributed by atoms with Gasteiger partial charge in [-0.15, -0.1) is 0 Å². The SMILES string of the molecule is O=C1NC(C(=O)O)=C[C@H](c2ccc([N+](=O)[O-])cc2)N1. The number of carbonyl (C=O) groups excluding carboxylic acids is 1. The summed E-state index contributed by atoms with van der Waals surface area (Å²) in [6.45, 7) is 0. The maximum Gasteiger partial charge on any atom is 0.352 e. The molecule has 8 nitrogen and oxygen atoms in total. The highest BCUT2D eigenvalue weighted by molar-refractivity contribution is 5.93. The van der Waals surface area contributed by atoms with Crippen molar-refractivity contribution in [2.75, 3.05) is 0 Å². The van der Waals surface area contributed by atoms with Crippen LogP contribution in [0.3, 0.4) is 0 Å².